The lowest BCUT2D eigenvalue weighted by molar-refractivity contribution is 0.0696. The fourth-order valence-electron chi connectivity index (χ4n) is 1.37. The van der Waals surface area contributed by atoms with Crippen molar-refractivity contribution in [2.45, 2.75) is 14.4 Å². The Morgan fingerprint density at radius 1 is 1.42 bits per heavy atom. The number of carbonyl (C=O) groups is 1. The first-order valence-corrected chi connectivity index (χ1v) is 8.15. The molecule has 19 heavy (non-hydrogen) atoms. The number of halogens is 1. The Balaban J connectivity index is 2.14. The molecule has 0 spiro atoms. The number of nitrogens with zero attached hydrogens (tertiary/aromatic N) is 2. The molecule has 8 heteroatoms. The highest BCUT2D eigenvalue weighted by Gasteiger charge is 2.12. The highest BCUT2D eigenvalue weighted by Crippen LogP contribution is 2.30. The van der Waals surface area contributed by atoms with Crippen LogP contribution < -0.4 is 0 Å². The predicted octanol–water partition coefficient (Wildman–Crippen LogP) is 3.39. The SMILES string of the molecule is CSc1nnc(SCc2cc(F)ccc2C(=O)O)s1. The molecule has 0 amide bonds. The zero-order chi connectivity index (χ0) is 13.8. The maximum absolute atomic E-state index is 13.2. The fraction of sp³-hybridized carbons (Fsp3) is 0.182. The smallest absolute Gasteiger partial charge is 0.335 e. The van der Waals surface area contributed by atoms with Gasteiger partial charge >= 0.3 is 5.97 Å². The molecule has 0 aliphatic rings. The number of hydrogen-bond acceptors (Lipinski definition) is 6. The minimum atomic E-state index is -1.06. The lowest BCUT2D eigenvalue weighted by atomic mass is 10.1. The summed E-state index contributed by atoms with van der Waals surface area (Å²) in [6.45, 7) is 0. The molecule has 0 aliphatic heterocycles. The van der Waals surface area contributed by atoms with Crippen molar-refractivity contribution in [2.24, 2.45) is 0 Å². The van der Waals surface area contributed by atoms with E-state index in [1.54, 1.807) is 0 Å². The Labute approximate surface area is 121 Å². The second-order valence-corrected chi connectivity index (χ2v) is 6.69. The molecule has 2 aromatic rings. The van der Waals surface area contributed by atoms with E-state index in [9.17, 15) is 9.18 Å². The van der Waals surface area contributed by atoms with Gasteiger partial charge in [-0.3, -0.25) is 0 Å². The van der Waals surface area contributed by atoms with Gasteiger partial charge in [0.2, 0.25) is 0 Å². The minimum Gasteiger partial charge on any atom is -0.478 e. The number of carboxylic acid groups (broad SMARTS) is 1. The molecule has 1 aromatic heterocycles. The van der Waals surface area contributed by atoms with Gasteiger partial charge in [-0.2, -0.15) is 0 Å². The predicted molar refractivity (Wildman–Crippen MR) is 74.6 cm³/mol. The van der Waals surface area contributed by atoms with Crippen LogP contribution in [0.5, 0.6) is 0 Å². The lowest BCUT2D eigenvalue weighted by Gasteiger charge is -2.04. The normalized spacial score (nSPS) is 10.6. The van der Waals surface area contributed by atoms with Crippen LogP contribution in [0.3, 0.4) is 0 Å². The first-order chi connectivity index (χ1) is 9.10. The van der Waals surface area contributed by atoms with Gasteiger partial charge < -0.3 is 5.11 Å². The van der Waals surface area contributed by atoms with E-state index >= 15 is 0 Å². The van der Waals surface area contributed by atoms with Crippen LogP contribution in [0.25, 0.3) is 0 Å². The Morgan fingerprint density at radius 2 is 2.16 bits per heavy atom. The number of thioether (sulfide) groups is 2. The van der Waals surface area contributed by atoms with Gasteiger partial charge in [0.05, 0.1) is 5.56 Å². The van der Waals surface area contributed by atoms with Crippen molar-refractivity contribution in [1.82, 2.24) is 10.2 Å². The first-order valence-electron chi connectivity index (χ1n) is 5.12. The van der Waals surface area contributed by atoms with Crippen molar-refractivity contribution in [1.29, 1.82) is 0 Å². The minimum absolute atomic E-state index is 0.114. The number of benzene rings is 1. The summed E-state index contributed by atoms with van der Waals surface area (Å²) >= 11 is 4.28. The van der Waals surface area contributed by atoms with Crippen molar-refractivity contribution < 1.29 is 14.3 Å². The Bertz CT molecular complexity index is 603. The fourth-order valence-corrected chi connectivity index (χ4v) is 3.80. The van der Waals surface area contributed by atoms with E-state index in [-0.39, 0.29) is 5.56 Å². The van der Waals surface area contributed by atoms with E-state index in [4.69, 9.17) is 5.11 Å². The molecular weight excluding hydrogens is 307 g/mol. The van der Waals surface area contributed by atoms with Crippen molar-refractivity contribution in [3.8, 4) is 0 Å². The summed E-state index contributed by atoms with van der Waals surface area (Å²) in [5.41, 5.74) is 0.557. The second-order valence-electron chi connectivity index (χ2n) is 3.43. The van der Waals surface area contributed by atoms with Gasteiger partial charge in [-0.05, 0) is 30.0 Å². The number of aromatic nitrogens is 2. The van der Waals surface area contributed by atoms with Crippen LogP contribution in [0.2, 0.25) is 0 Å². The van der Waals surface area contributed by atoms with E-state index in [2.05, 4.69) is 10.2 Å². The van der Waals surface area contributed by atoms with Crippen LogP contribution in [0, 0.1) is 5.82 Å². The third-order valence-corrected chi connectivity index (χ3v) is 5.29. The molecule has 0 saturated carbocycles. The van der Waals surface area contributed by atoms with Crippen LogP contribution in [0.15, 0.2) is 26.9 Å². The highest BCUT2D eigenvalue weighted by molar-refractivity contribution is 8.02. The number of hydrogen-bond donors (Lipinski definition) is 1. The number of aromatic carboxylic acids is 1. The van der Waals surface area contributed by atoms with Crippen LogP contribution >= 0.6 is 34.9 Å². The molecule has 1 heterocycles. The average molecular weight is 316 g/mol. The maximum atomic E-state index is 13.2. The second kappa shape index (κ2) is 6.36. The van der Waals surface area contributed by atoms with Gasteiger partial charge in [0, 0.05) is 5.75 Å². The standard InChI is InChI=1S/C11H9FN2O2S3/c1-17-10-13-14-11(19-10)18-5-6-4-7(12)2-3-8(6)9(15)16/h2-4H,5H2,1H3,(H,15,16). The molecule has 0 unspecified atom stereocenters. The van der Waals surface area contributed by atoms with E-state index in [1.165, 1.54) is 47.0 Å². The molecule has 0 bridgehead atoms. The van der Waals surface area contributed by atoms with E-state index < -0.39 is 11.8 Å². The molecule has 100 valence electrons. The maximum Gasteiger partial charge on any atom is 0.335 e. The molecule has 1 aromatic carbocycles. The third-order valence-electron chi connectivity index (χ3n) is 2.21. The summed E-state index contributed by atoms with van der Waals surface area (Å²) in [4.78, 5) is 11.0. The topological polar surface area (TPSA) is 63.1 Å². The monoisotopic (exact) mass is 316 g/mol. The van der Waals surface area contributed by atoms with Crippen LogP contribution in [-0.2, 0) is 5.75 Å². The first kappa shape index (κ1) is 14.3. The Hall–Kier alpha value is -1.12. The largest absolute Gasteiger partial charge is 0.478 e. The molecule has 0 atom stereocenters. The summed E-state index contributed by atoms with van der Waals surface area (Å²) in [5, 5.41) is 16.9. The zero-order valence-corrected chi connectivity index (χ0v) is 12.2. The summed E-state index contributed by atoms with van der Waals surface area (Å²) in [5.74, 6) is -1.15. The van der Waals surface area contributed by atoms with Gasteiger partial charge in [0.25, 0.3) is 0 Å². The lowest BCUT2D eigenvalue weighted by Crippen LogP contribution is -2.02. The molecule has 0 fully saturated rings. The zero-order valence-electron chi connectivity index (χ0n) is 9.79. The van der Waals surface area contributed by atoms with Gasteiger partial charge in [0.15, 0.2) is 8.68 Å². The van der Waals surface area contributed by atoms with Gasteiger partial charge in [0.1, 0.15) is 5.82 Å². The molecule has 0 radical (unpaired) electrons. The van der Waals surface area contributed by atoms with Gasteiger partial charge in [-0.15, -0.1) is 10.2 Å². The molecule has 0 saturated heterocycles. The highest BCUT2D eigenvalue weighted by atomic mass is 32.2. The summed E-state index contributed by atoms with van der Waals surface area (Å²) < 4.78 is 14.8. The molecular formula is C11H9FN2O2S3. The van der Waals surface area contributed by atoms with Crippen LogP contribution in [0.4, 0.5) is 4.39 Å². The summed E-state index contributed by atoms with van der Waals surface area (Å²) in [6.07, 6.45) is 1.91. The quantitative estimate of drug-likeness (QED) is 0.853. The number of rotatable bonds is 5. The Kier molecular flexibility index (Phi) is 4.78. The molecule has 4 nitrogen and oxygen atoms in total. The van der Waals surface area contributed by atoms with E-state index in [0.717, 1.165) is 14.7 Å². The Morgan fingerprint density at radius 3 is 2.79 bits per heavy atom. The molecule has 1 N–H and O–H groups in total. The van der Waals surface area contributed by atoms with E-state index in [1.807, 2.05) is 6.26 Å². The molecule has 0 aliphatic carbocycles. The van der Waals surface area contributed by atoms with Gasteiger partial charge in [-0.1, -0.05) is 34.9 Å². The van der Waals surface area contributed by atoms with Gasteiger partial charge in [-0.25, -0.2) is 9.18 Å². The molecule has 2 rings (SSSR count). The van der Waals surface area contributed by atoms with Crippen molar-refractivity contribution in [2.75, 3.05) is 6.26 Å². The van der Waals surface area contributed by atoms with Crippen molar-refractivity contribution >= 4 is 40.8 Å². The van der Waals surface area contributed by atoms with Crippen molar-refractivity contribution in [3.05, 3.63) is 35.1 Å². The van der Waals surface area contributed by atoms with Crippen LogP contribution in [-0.4, -0.2) is 27.5 Å². The van der Waals surface area contributed by atoms with Crippen LogP contribution in [0.1, 0.15) is 15.9 Å². The van der Waals surface area contributed by atoms with E-state index in [0.29, 0.717) is 11.3 Å². The summed E-state index contributed by atoms with van der Waals surface area (Å²) in [6, 6.07) is 3.67. The average Bonchev–Trinajstić information content (AvgIpc) is 2.84. The van der Waals surface area contributed by atoms with Crippen molar-refractivity contribution in [3.63, 3.8) is 0 Å². The third kappa shape index (κ3) is 3.68. The summed E-state index contributed by atoms with van der Waals surface area (Å²) in [7, 11) is 0. The number of carboxylic acids is 1.